The Hall–Kier alpha value is -1.32. The van der Waals surface area contributed by atoms with Gasteiger partial charge in [0.1, 0.15) is 11.5 Å². The number of benzene rings is 2. The van der Waals surface area contributed by atoms with Crippen LogP contribution >= 0.6 is 15.9 Å². The predicted octanol–water partition coefficient (Wildman–Crippen LogP) is 5.39. The Balaban J connectivity index is 2.29. The molecule has 0 aromatic heterocycles. The van der Waals surface area contributed by atoms with Gasteiger partial charge in [0.15, 0.2) is 0 Å². The second-order valence-corrected chi connectivity index (χ2v) is 6.44. The van der Waals surface area contributed by atoms with Crippen LogP contribution in [0.5, 0.6) is 11.5 Å². The third-order valence-corrected chi connectivity index (χ3v) is 4.15. The number of aryl methyl sites for hydroxylation is 1. The van der Waals surface area contributed by atoms with Gasteiger partial charge in [0, 0.05) is 11.0 Å². The third kappa shape index (κ3) is 4.08. The maximum absolute atomic E-state index is 6.12. The zero-order valence-electron chi connectivity index (χ0n) is 13.0. The SMILES string of the molecule is CNCc1ccc(Oc2cc(C)ccc2C(C)C)cc1Br. The van der Waals surface area contributed by atoms with Crippen molar-refractivity contribution in [2.24, 2.45) is 0 Å². The summed E-state index contributed by atoms with van der Waals surface area (Å²) in [7, 11) is 1.94. The molecule has 0 spiro atoms. The minimum atomic E-state index is 0.438. The maximum Gasteiger partial charge on any atom is 0.131 e. The lowest BCUT2D eigenvalue weighted by Gasteiger charge is -2.15. The lowest BCUT2D eigenvalue weighted by atomic mass is 10.0. The Morgan fingerprint density at radius 1 is 1.14 bits per heavy atom. The van der Waals surface area contributed by atoms with Crippen molar-refractivity contribution in [2.45, 2.75) is 33.2 Å². The summed E-state index contributed by atoms with van der Waals surface area (Å²) in [5.41, 5.74) is 3.66. The van der Waals surface area contributed by atoms with E-state index in [1.807, 2.05) is 19.2 Å². The Kier molecular flexibility index (Phi) is 5.43. The molecule has 21 heavy (non-hydrogen) atoms. The normalized spacial score (nSPS) is 11.0. The molecule has 0 saturated heterocycles. The summed E-state index contributed by atoms with van der Waals surface area (Å²) < 4.78 is 7.18. The van der Waals surface area contributed by atoms with Crippen LogP contribution in [0, 0.1) is 6.92 Å². The molecule has 3 heteroatoms. The molecule has 2 aromatic rings. The van der Waals surface area contributed by atoms with Crippen LogP contribution in [0.15, 0.2) is 40.9 Å². The lowest BCUT2D eigenvalue weighted by molar-refractivity contribution is 0.472. The molecule has 2 aromatic carbocycles. The minimum absolute atomic E-state index is 0.438. The molecule has 0 amide bonds. The van der Waals surface area contributed by atoms with Crippen LogP contribution in [0.4, 0.5) is 0 Å². The molecule has 0 unspecified atom stereocenters. The van der Waals surface area contributed by atoms with Gasteiger partial charge >= 0.3 is 0 Å². The van der Waals surface area contributed by atoms with E-state index < -0.39 is 0 Å². The molecular weight excluding hydrogens is 326 g/mol. The van der Waals surface area contributed by atoms with Crippen molar-refractivity contribution in [3.05, 3.63) is 57.6 Å². The first-order valence-corrected chi connectivity index (χ1v) is 8.02. The standard InChI is InChI=1S/C18H22BrNO/c1-12(2)16-8-5-13(3)9-18(16)21-15-7-6-14(11-20-4)17(19)10-15/h5-10,12,20H,11H2,1-4H3. The van der Waals surface area contributed by atoms with Crippen molar-refractivity contribution >= 4 is 15.9 Å². The molecule has 2 rings (SSSR count). The highest BCUT2D eigenvalue weighted by molar-refractivity contribution is 9.10. The van der Waals surface area contributed by atoms with E-state index in [4.69, 9.17) is 4.74 Å². The quantitative estimate of drug-likeness (QED) is 0.782. The average molecular weight is 348 g/mol. The molecule has 1 N–H and O–H groups in total. The number of ether oxygens (including phenoxy) is 1. The second-order valence-electron chi connectivity index (χ2n) is 5.58. The van der Waals surface area contributed by atoms with Gasteiger partial charge < -0.3 is 10.1 Å². The fourth-order valence-corrected chi connectivity index (χ4v) is 2.76. The van der Waals surface area contributed by atoms with E-state index in [0.717, 1.165) is 22.5 Å². The molecule has 0 aliphatic rings. The van der Waals surface area contributed by atoms with Gasteiger partial charge in [-0.3, -0.25) is 0 Å². The summed E-state index contributed by atoms with van der Waals surface area (Å²) >= 11 is 3.60. The molecule has 0 heterocycles. The van der Waals surface area contributed by atoms with Crippen LogP contribution in [0.3, 0.4) is 0 Å². The van der Waals surface area contributed by atoms with E-state index in [1.165, 1.54) is 16.7 Å². The lowest BCUT2D eigenvalue weighted by Crippen LogP contribution is -2.05. The van der Waals surface area contributed by atoms with Crippen molar-refractivity contribution < 1.29 is 4.74 Å². The van der Waals surface area contributed by atoms with Gasteiger partial charge in [-0.2, -0.15) is 0 Å². The first kappa shape index (κ1) is 16.1. The molecule has 0 atom stereocenters. The van der Waals surface area contributed by atoms with E-state index in [9.17, 15) is 0 Å². The molecule has 0 bridgehead atoms. The predicted molar refractivity (Wildman–Crippen MR) is 92.2 cm³/mol. The molecule has 2 nitrogen and oxygen atoms in total. The molecule has 0 radical (unpaired) electrons. The topological polar surface area (TPSA) is 21.3 Å². The smallest absolute Gasteiger partial charge is 0.131 e. The van der Waals surface area contributed by atoms with E-state index in [0.29, 0.717) is 5.92 Å². The Bertz CT molecular complexity index is 623. The van der Waals surface area contributed by atoms with Gasteiger partial charge in [0.2, 0.25) is 0 Å². The van der Waals surface area contributed by atoms with E-state index in [-0.39, 0.29) is 0 Å². The number of halogens is 1. The Labute approximate surface area is 135 Å². The van der Waals surface area contributed by atoms with Crippen molar-refractivity contribution in [1.29, 1.82) is 0 Å². The van der Waals surface area contributed by atoms with E-state index in [1.54, 1.807) is 0 Å². The minimum Gasteiger partial charge on any atom is -0.457 e. The molecule has 0 saturated carbocycles. The van der Waals surface area contributed by atoms with Crippen LogP contribution in [0.1, 0.15) is 36.5 Å². The largest absolute Gasteiger partial charge is 0.457 e. The molecule has 0 fully saturated rings. The highest BCUT2D eigenvalue weighted by Crippen LogP contribution is 2.33. The summed E-state index contributed by atoms with van der Waals surface area (Å²) in [6, 6.07) is 12.5. The molecule has 0 aliphatic heterocycles. The Morgan fingerprint density at radius 3 is 2.52 bits per heavy atom. The van der Waals surface area contributed by atoms with E-state index in [2.05, 4.69) is 66.3 Å². The van der Waals surface area contributed by atoms with Gasteiger partial charge in [-0.15, -0.1) is 0 Å². The van der Waals surface area contributed by atoms with Crippen LogP contribution in [-0.4, -0.2) is 7.05 Å². The summed E-state index contributed by atoms with van der Waals surface area (Å²) in [5.74, 6) is 2.24. The van der Waals surface area contributed by atoms with Crippen LogP contribution in [-0.2, 0) is 6.54 Å². The van der Waals surface area contributed by atoms with Gasteiger partial charge in [0.05, 0.1) is 0 Å². The first-order valence-electron chi connectivity index (χ1n) is 7.22. The summed E-state index contributed by atoms with van der Waals surface area (Å²) in [5, 5.41) is 3.15. The molecule has 112 valence electrons. The van der Waals surface area contributed by atoms with Crippen LogP contribution in [0.25, 0.3) is 0 Å². The van der Waals surface area contributed by atoms with Crippen molar-refractivity contribution in [3.8, 4) is 11.5 Å². The summed E-state index contributed by atoms with van der Waals surface area (Å²) in [4.78, 5) is 0. The summed E-state index contributed by atoms with van der Waals surface area (Å²) in [6.45, 7) is 7.29. The highest BCUT2D eigenvalue weighted by Gasteiger charge is 2.10. The number of nitrogens with one attached hydrogen (secondary N) is 1. The number of rotatable bonds is 5. The van der Waals surface area contributed by atoms with Gasteiger partial charge in [-0.05, 0) is 54.8 Å². The fraction of sp³-hybridized carbons (Fsp3) is 0.333. The first-order chi connectivity index (χ1) is 10.0. The molecular formula is C18H22BrNO. The van der Waals surface area contributed by atoms with Crippen LogP contribution in [0.2, 0.25) is 0 Å². The maximum atomic E-state index is 6.12. The fourth-order valence-electron chi connectivity index (χ4n) is 2.26. The number of hydrogen-bond acceptors (Lipinski definition) is 2. The van der Waals surface area contributed by atoms with Crippen molar-refractivity contribution in [2.75, 3.05) is 7.05 Å². The zero-order valence-corrected chi connectivity index (χ0v) is 14.6. The van der Waals surface area contributed by atoms with Crippen LogP contribution < -0.4 is 10.1 Å². The monoisotopic (exact) mass is 347 g/mol. The second kappa shape index (κ2) is 7.10. The van der Waals surface area contributed by atoms with Gasteiger partial charge in [-0.1, -0.05) is 48.0 Å². The average Bonchev–Trinajstić information content (AvgIpc) is 2.42. The molecule has 0 aliphatic carbocycles. The Morgan fingerprint density at radius 2 is 1.90 bits per heavy atom. The van der Waals surface area contributed by atoms with Crippen molar-refractivity contribution in [1.82, 2.24) is 5.32 Å². The van der Waals surface area contributed by atoms with Gasteiger partial charge in [-0.25, -0.2) is 0 Å². The van der Waals surface area contributed by atoms with E-state index >= 15 is 0 Å². The highest BCUT2D eigenvalue weighted by atomic mass is 79.9. The zero-order chi connectivity index (χ0) is 15.4. The van der Waals surface area contributed by atoms with Gasteiger partial charge in [0.25, 0.3) is 0 Å². The number of hydrogen-bond donors (Lipinski definition) is 1. The summed E-state index contributed by atoms with van der Waals surface area (Å²) in [6.07, 6.45) is 0. The third-order valence-electron chi connectivity index (χ3n) is 3.41. The van der Waals surface area contributed by atoms with Crippen molar-refractivity contribution in [3.63, 3.8) is 0 Å².